The highest BCUT2D eigenvalue weighted by Gasteiger charge is 2.40. The van der Waals surface area contributed by atoms with Gasteiger partial charge in [-0.2, -0.15) is 8.78 Å². The molecule has 25 heavy (non-hydrogen) atoms. The summed E-state index contributed by atoms with van der Waals surface area (Å²) in [5, 5.41) is 3.69. The number of rotatable bonds is 3. The van der Waals surface area contributed by atoms with Crippen molar-refractivity contribution in [3.05, 3.63) is 24.0 Å². The molecule has 1 aromatic rings. The molecule has 1 aliphatic heterocycles. The molecular formula is C17H25Cl2F3N2O. The first kappa shape index (κ1) is 22.2. The second-order valence-electron chi connectivity index (χ2n) is 7.11. The minimum absolute atomic E-state index is 0. The third-order valence-electron chi connectivity index (χ3n) is 4.73. The van der Waals surface area contributed by atoms with Gasteiger partial charge in [0.15, 0.2) is 11.6 Å². The number of piperazine rings is 1. The maximum Gasteiger partial charge on any atom is 0.387 e. The Kier molecular flexibility index (Phi) is 7.71. The number of hydrogen-bond donors (Lipinski definition) is 1. The van der Waals surface area contributed by atoms with Gasteiger partial charge in [0.2, 0.25) is 0 Å². The molecule has 3 rings (SSSR count). The molecule has 1 heterocycles. The molecule has 1 saturated carbocycles. The molecule has 2 aliphatic rings. The third-order valence-corrected chi connectivity index (χ3v) is 4.73. The minimum Gasteiger partial charge on any atom is -0.432 e. The number of hydrogen-bond acceptors (Lipinski definition) is 3. The molecule has 0 bridgehead atoms. The van der Waals surface area contributed by atoms with Crippen molar-refractivity contribution in [3.8, 4) is 5.75 Å². The van der Waals surface area contributed by atoms with Gasteiger partial charge in [0.05, 0.1) is 0 Å². The van der Waals surface area contributed by atoms with Crippen molar-refractivity contribution >= 4 is 30.5 Å². The van der Waals surface area contributed by atoms with Crippen LogP contribution in [0.5, 0.6) is 5.75 Å². The van der Waals surface area contributed by atoms with E-state index in [1.54, 1.807) is 6.07 Å². The first-order chi connectivity index (χ1) is 10.9. The lowest BCUT2D eigenvalue weighted by Crippen LogP contribution is -2.67. The predicted octanol–water partition coefficient (Wildman–Crippen LogP) is 4.77. The van der Waals surface area contributed by atoms with Gasteiger partial charge in [-0.05, 0) is 38.8 Å². The molecule has 144 valence electrons. The highest BCUT2D eigenvalue weighted by molar-refractivity contribution is 5.85. The summed E-state index contributed by atoms with van der Waals surface area (Å²) in [6.07, 6.45) is 4.53. The number of halogens is 5. The first-order valence-corrected chi connectivity index (χ1v) is 8.14. The van der Waals surface area contributed by atoms with Crippen molar-refractivity contribution in [2.24, 2.45) is 0 Å². The Morgan fingerprint density at radius 1 is 1.20 bits per heavy atom. The molecule has 1 aliphatic carbocycles. The number of fused-ring (bicyclic) bond motifs is 1. The van der Waals surface area contributed by atoms with Crippen molar-refractivity contribution in [2.45, 2.75) is 63.8 Å². The second kappa shape index (κ2) is 8.69. The number of anilines is 1. The number of nitrogens with zero attached hydrogens (tertiary/aromatic N) is 1. The van der Waals surface area contributed by atoms with Crippen LogP contribution in [0.3, 0.4) is 0 Å². The average molecular weight is 401 g/mol. The zero-order valence-electron chi connectivity index (χ0n) is 14.3. The first-order valence-electron chi connectivity index (χ1n) is 8.14. The number of nitrogens with one attached hydrogen (secondary N) is 1. The van der Waals surface area contributed by atoms with E-state index in [0.29, 0.717) is 12.1 Å². The lowest BCUT2D eigenvalue weighted by atomic mass is 9.83. The maximum absolute atomic E-state index is 14.1. The summed E-state index contributed by atoms with van der Waals surface area (Å²) >= 11 is 0. The Hall–Kier alpha value is -0.850. The third kappa shape index (κ3) is 5.08. The van der Waals surface area contributed by atoms with E-state index in [0.717, 1.165) is 31.5 Å². The minimum atomic E-state index is -3.02. The van der Waals surface area contributed by atoms with Crippen LogP contribution in [0.1, 0.15) is 39.5 Å². The van der Waals surface area contributed by atoms with Gasteiger partial charge in [-0.1, -0.05) is 12.8 Å². The molecule has 1 aromatic carbocycles. The molecule has 0 radical (unpaired) electrons. The average Bonchev–Trinajstić information content (AvgIpc) is 2.47. The standard InChI is InChI=1S/C17H23F3N2O.2ClH/c1-17(2)10-22(14-6-4-3-5-13(14)21-17)11-7-8-15(12(18)9-11)23-16(19)20;;/h7-9,13-14,16,21H,3-6,10H2,1-2H3;2*1H/t13-,14-;;/m0../s1. The summed E-state index contributed by atoms with van der Waals surface area (Å²) < 4.78 is 42.8. The van der Waals surface area contributed by atoms with E-state index in [4.69, 9.17) is 0 Å². The van der Waals surface area contributed by atoms with Crippen molar-refractivity contribution < 1.29 is 17.9 Å². The topological polar surface area (TPSA) is 24.5 Å². The van der Waals surface area contributed by atoms with Crippen LogP contribution in [0.15, 0.2) is 18.2 Å². The smallest absolute Gasteiger partial charge is 0.387 e. The van der Waals surface area contributed by atoms with E-state index in [1.807, 2.05) is 0 Å². The van der Waals surface area contributed by atoms with Crippen LogP contribution >= 0.6 is 24.8 Å². The molecule has 2 atom stereocenters. The zero-order chi connectivity index (χ0) is 16.6. The van der Waals surface area contributed by atoms with E-state index in [2.05, 4.69) is 28.8 Å². The highest BCUT2D eigenvalue weighted by atomic mass is 35.5. The number of alkyl halides is 2. The Morgan fingerprint density at radius 3 is 2.52 bits per heavy atom. The largest absolute Gasteiger partial charge is 0.432 e. The predicted molar refractivity (Wildman–Crippen MR) is 98.1 cm³/mol. The van der Waals surface area contributed by atoms with E-state index in [1.165, 1.54) is 18.6 Å². The molecule has 1 N–H and O–H groups in total. The quantitative estimate of drug-likeness (QED) is 0.790. The SMILES string of the molecule is CC1(C)CN(c2ccc(OC(F)F)c(F)c2)[C@H]2CCCC[C@@H]2N1.Cl.Cl. The highest BCUT2D eigenvalue weighted by Crippen LogP contribution is 2.35. The lowest BCUT2D eigenvalue weighted by Gasteiger charge is -2.52. The van der Waals surface area contributed by atoms with Crippen LogP contribution in [-0.4, -0.2) is 30.8 Å². The van der Waals surface area contributed by atoms with Gasteiger partial charge in [-0.25, -0.2) is 4.39 Å². The van der Waals surface area contributed by atoms with Gasteiger partial charge >= 0.3 is 6.61 Å². The zero-order valence-corrected chi connectivity index (χ0v) is 15.9. The summed E-state index contributed by atoms with van der Waals surface area (Å²) in [6, 6.07) is 4.98. The van der Waals surface area contributed by atoms with E-state index < -0.39 is 18.2 Å². The summed E-state index contributed by atoms with van der Waals surface area (Å²) in [5.74, 6) is -1.15. The van der Waals surface area contributed by atoms with Gasteiger partial charge < -0.3 is 15.0 Å². The lowest BCUT2D eigenvalue weighted by molar-refractivity contribution is -0.0521. The number of ether oxygens (including phenoxy) is 1. The van der Waals surface area contributed by atoms with Crippen LogP contribution in [0.4, 0.5) is 18.9 Å². The van der Waals surface area contributed by atoms with Gasteiger partial charge in [0.1, 0.15) is 0 Å². The molecule has 2 fully saturated rings. The normalized spacial score (nSPS) is 24.8. The van der Waals surface area contributed by atoms with Gasteiger partial charge in [0.25, 0.3) is 0 Å². The fourth-order valence-electron chi connectivity index (χ4n) is 3.89. The van der Waals surface area contributed by atoms with Gasteiger partial charge in [-0.3, -0.25) is 0 Å². The molecule has 8 heteroatoms. The van der Waals surface area contributed by atoms with E-state index in [-0.39, 0.29) is 30.4 Å². The van der Waals surface area contributed by atoms with Gasteiger partial charge in [-0.15, -0.1) is 24.8 Å². The van der Waals surface area contributed by atoms with Gasteiger partial charge in [0, 0.05) is 35.9 Å². The van der Waals surface area contributed by atoms with Crippen LogP contribution in [0.25, 0.3) is 0 Å². The summed E-state index contributed by atoms with van der Waals surface area (Å²) in [7, 11) is 0. The van der Waals surface area contributed by atoms with Crippen molar-refractivity contribution in [1.29, 1.82) is 0 Å². The molecule has 0 amide bonds. The summed E-state index contributed by atoms with van der Waals surface area (Å²) in [4.78, 5) is 2.22. The molecule has 1 saturated heterocycles. The number of benzene rings is 1. The molecule has 3 nitrogen and oxygen atoms in total. The Balaban J connectivity index is 0.00000156. The van der Waals surface area contributed by atoms with E-state index in [9.17, 15) is 13.2 Å². The summed E-state index contributed by atoms with van der Waals surface area (Å²) in [5.41, 5.74) is 0.656. The van der Waals surface area contributed by atoms with Crippen LogP contribution in [0.2, 0.25) is 0 Å². The fraction of sp³-hybridized carbons (Fsp3) is 0.647. The van der Waals surface area contributed by atoms with Crippen LogP contribution < -0.4 is 15.0 Å². The second-order valence-corrected chi connectivity index (χ2v) is 7.11. The maximum atomic E-state index is 14.1. The van der Waals surface area contributed by atoms with Crippen molar-refractivity contribution in [2.75, 3.05) is 11.4 Å². The molecule has 0 aromatic heterocycles. The van der Waals surface area contributed by atoms with E-state index >= 15 is 0 Å². The Labute approximate surface area is 159 Å². The van der Waals surface area contributed by atoms with Crippen molar-refractivity contribution in [3.63, 3.8) is 0 Å². The van der Waals surface area contributed by atoms with Crippen LogP contribution in [-0.2, 0) is 0 Å². The summed E-state index contributed by atoms with van der Waals surface area (Å²) in [6.45, 7) is 2.00. The fourth-order valence-corrected chi connectivity index (χ4v) is 3.89. The van der Waals surface area contributed by atoms with Crippen molar-refractivity contribution in [1.82, 2.24) is 5.32 Å². The molecule has 0 spiro atoms. The Bertz CT molecular complexity index is 575. The molecule has 0 unspecified atom stereocenters. The van der Waals surface area contributed by atoms with Crippen LogP contribution in [0, 0.1) is 5.82 Å². The molecular weight excluding hydrogens is 376 g/mol. The Morgan fingerprint density at radius 2 is 1.88 bits per heavy atom. The monoisotopic (exact) mass is 400 g/mol.